The SMILES string of the molecule is C[C@@H](OC(=O)c1csc(-c2ccc(F)cc2)n1)C(=O)N1CCCC1. The minimum absolute atomic E-state index is 0.153. The molecule has 0 bridgehead atoms. The molecule has 0 saturated carbocycles. The summed E-state index contributed by atoms with van der Waals surface area (Å²) in [5, 5.41) is 2.18. The fraction of sp³-hybridized carbons (Fsp3) is 0.353. The Morgan fingerprint density at radius 1 is 1.25 bits per heavy atom. The maximum Gasteiger partial charge on any atom is 0.358 e. The molecule has 1 aromatic carbocycles. The molecule has 0 radical (unpaired) electrons. The standard InChI is InChI=1S/C17H17FN2O3S/c1-11(16(21)20-8-2-3-9-20)23-17(22)14-10-24-15(19-14)12-4-6-13(18)7-5-12/h4-7,10-11H,2-3,8-9H2,1H3/t11-/m1/s1. The zero-order valence-corrected chi connectivity index (χ0v) is 14.0. The summed E-state index contributed by atoms with van der Waals surface area (Å²) in [6.45, 7) is 3.00. The van der Waals surface area contributed by atoms with E-state index in [1.807, 2.05) is 0 Å². The van der Waals surface area contributed by atoms with E-state index in [0.717, 1.165) is 18.4 Å². The van der Waals surface area contributed by atoms with E-state index in [1.54, 1.807) is 29.3 Å². The summed E-state index contributed by atoms with van der Waals surface area (Å²) in [6, 6.07) is 5.88. The third-order valence-electron chi connectivity index (χ3n) is 3.85. The smallest absolute Gasteiger partial charge is 0.358 e. The minimum atomic E-state index is -0.827. The molecule has 7 heteroatoms. The highest BCUT2D eigenvalue weighted by molar-refractivity contribution is 7.13. The molecular formula is C17H17FN2O3S. The van der Waals surface area contributed by atoms with Crippen LogP contribution in [0.2, 0.25) is 0 Å². The number of thiazole rings is 1. The van der Waals surface area contributed by atoms with E-state index in [9.17, 15) is 14.0 Å². The van der Waals surface area contributed by atoms with Crippen molar-refractivity contribution in [3.8, 4) is 10.6 Å². The van der Waals surface area contributed by atoms with Gasteiger partial charge in [0, 0.05) is 24.0 Å². The number of esters is 1. The van der Waals surface area contributed by atoms with Crippen molar-refractivity contribution in [1.82, 2.24) is 9.88 Å². The molecule has 5 nitrogen and oxygen atoms in total. The van der Waals surface area contributed by atoms with Crippen LogP contribution < -0.4 is 0 Å². The number of nitrogens with zero attached hydrogens (tertiary/aromatic N) is 2. The van der Waals surface area contributed by atoms with E-state index in [1.165, 1.54) is 23.5 Å². The Bertz CT molecular complexity index is 739. The van der Waals surface area contributed by atoms with Crippen molar-refractivity contribution in [2.75, 3.05) is 13.1 Å². The van der Waals surface area contributed by atoms with Gasteiger partial charge in [-0.2, -0.15) is 0 Å². The number of aromatic nitrogens is 1. The van der Waals surface area contributed by atoms with E-state index in [-0.39, 0.29) is 17.4 Å². The van der Waals surface area contributed by atoms with Crippen molar-refractivity contribution >= 4 is 23.2 Å². The molecule has 1 saturated heterocycles. The van der Waals surface area contributed by atoms with Gasteiger partial charge in [0.05, 0.1) is 0 Å². The molecule has 1 atom stereocenters. The quantitative estimate of drug-likeness (QED) is 0.797. The van der Waals surface area contributed by atoms with Gasteiger partial charge in [0.1, 0.15) is 10.8 Å². The second-order valence-electron chi connectivity index (χ2n) is 5.62. The zero-order valence-electron chi connectivity index (χ0n) is 13.2. The Kier molecular flexibility index (Phi) is 4.89. The fourth-order valence-electron chi connectivity index (χ4n) is 2.56. The number of ether oxygens (including phenoxy) is 1. The lowest BCUT2D eigenvalue weighted by atomic mass is 10.2. The van der Waals surface area contributed by atoms with Gasteiger partial charge in [0.2, 0.25) is 0 Å². The van der Waals surface area contributed by atoms with Crippen molar-refractivity contribution in [3.05, 3.63) is 41.2 Å². The average molecular weight is 348 g/mol. The summed E-state index contributed by atoms with van der Waals surface area (Å²) in [7, 11) is 0. The third kappa shape index (κ3) is 3.62. The van der Waals surface area contributed by atoms with E-state index in [0.29, 0.717) is 18.1 Å². The molecule has 1 aliphatic rings. The summed E-state index contributed by atoms with van der Waals surface area (Å²) in [6.07, 6.45) is 1.14. The first kappa shape index (κ1) is 16.6. The van der Waals surface area contributed by atoms with E-state index >= 15 is 0 Å². The van der Waals surface area contributed by atoms with Crippen LogP contribution in [0.1, 0.15) is 30.3 Å². The molecule has 2 heterocycles. The van der Waals surface area contributed by atoms with E-state index < -0.39 is 12.1 Å². The highest BCUT2D eigenvalue weighted by Gasteiger charge is 2.27. The van der Waals surface area contributed by atoms with Crippen LogP contribution in [0.4, 0.5) is 4.39 Å². The van der Waals surface area contributed by atoms with E-state index in [4.69, 9.17) is 4.74 Å². The first-order chi connectivity index (χ1) is 11.5. The second-order valence-corrected chi connectivity index (χ2v) is 6.48. The molecular weight excluding hydrogens is 331 g/mol. The highest BCUT2D eigenvalue weighted by atomic mass is 32.1. The van der Waals surface area contributed by atoms with Crippen LogP contribution in [0.3, 0.4) is 0 Å². The van der Waals surface area contributed by atoms with Crippen molar-refractivity contribution in [2.45, 2.75) is 25.9 Å². The number of carbonyl (C=O) groups excluding carboxylic acids is 2. The van der Waals surface area contributed by atoms with Gasteiger partial charge in [-0.25, -0.2) is 14.2 Å². The lowest BCUT2D eigenvalue weighted by Gasteiger charge is -2.19. The lowest BCUT2D eigenvalue weighted by molar-refractivity contribution is -0.138. The Morgan fingerprint density at radius 2 is 1.92 bits per heavy atom. The van der Waals surface area contributed by atoms with Crippen LogP contribution in [0.5, 0.6) is 0 Å². The van der Waals surface area contributed by atoms with Crippen molar-refractivity contribution in [1.29, 1.82) is 0 Å². The molecule has 0 unspecified atom stereocenters. The van der Waals surface area contributed by atoms with Gasteiger partial charge in [-0.15, -0.1) is 11.3 Å². The Morgan fingerprint density at radius 3 is 2.58 bits per heavy atom. The Labute approximate surface area is 143 Å². The molecule has 0 spiro atoms. The molecule has 3 rings (SSSR count). The van der Waals surface area contributed by atoms with Crippen LogP contribution in [-0.4, -0.2) is 41.0 Å². The average Bonchev–Trinajstić information content (AvgIpc) is 3.26. The highest BCUT2D eigenvalue weighted by Crippen LogP contribution is 2.24. The van der Waals surface area contributed by atoms with Crippen LogP contribution in [-0.2, 0) is 9.53 Å². The molecule has 1 fully saturated rings. The minimum Gasteiger partial charge on any atom is -0.448 e. The molecule has 2 aromatic rings. The monoisotopic (exact) mass is 348 g/mol. The van der Waals surface area contributed by atoms with Gasteiger partial charge >= 0.3 is 5.97 Å². The topological polar surface area (TPSA) is 59.5 Å². The van der Waals surface area contributed by atoms with Gasteiger partial charge in [-0.05, 0) is 44.0 Å². The van der Waals surface area contributed by atoms with Crippen molar-refractivity contribution < 1.29 is 18.7 Å². The van der Waals surface area contributed by atoms with Crippen molar-refractivity contribution in [3.63, 3.8) is 0 Å². The van der Waals surface area contributed by atoms with Crippen LogP contribution >= 0.6 is 11.3 Å². The van der Waals surface area contributed by atoms with Gasteiger partial charge in [0.25, 0.3) is 5.91 Å². The normalized spacial score (nSPS) is 15.3. The first-order valence-electron chi connectivity index (χ1n) is 7.76. The molecule has 0 aliphatic carbocycles. The number of hydrogen-bond donors (Lipinski definition) is 0. The first-order valence-corrected chi connectivity index (χ1v) is 8.64. The van der Waals surface area contributed by atoms with E-state index in [2.05, 4.69) is 4.98 Å². The number of halogens is 1. The number of hydrogen-bond acceptors (Lipinski definition) is 5. The summed E-state index contributed by atoms with van der Waals surface area (Å²) >= 11 is 1.27. The lowest BCUT2D eigenvalue weighted by Crippen LogP contribution is -2.38. The third-order valence-corrected chi connectivity index (χ3v) is 4.75. The summed E-state index contributed by atoms with van der Waals surface area (Å²) in [4.78, 5) is 30.3. The van der Waals surface area contributed by atoms with Crippen LogP contribution in [0, 0.1) is 5.82 Å². The van der Waals surface area contributed by atoms with Crippen molar-refractivity contribution in [2.24, 2.45) is 0 Å². The summed E-state index contributed by atoms with van der Waals surface area (Å²) in [5.41, 5.74) is 0.877. The van der Waals surface area contributed by atoms with Gasteiger partial charge in [0.15, 0.2) is 11.8 Å². The summed E-state index contributed by atoms with van der Waals surface area (Å²) < 4.78 is 18.2. The predicted molar refractivity (Wildman–Crippen MR) is 88.2 cm³/mol. The Balaban J connectivity index is 1.65. The van der Waals surface area contributed by atoms with Gasteiger partial charge in [-0.3, -0.25) is 4.79 Å². The number of carbonyl (C=O) groups is 2. The zero-order chi connectivity index (χ0) is 17.1. The molecule has 126 valence electrons. The number of benzene rings is 1. The van der Waals surface area contributed by atoms with Gasteiger partial charge in [-0.1, -0.05) is 0 Å². The van der Waals surface area contributed by atoms with Crippen LogP contribution in [0.15, 0.2) is 29.6 Å². The molecule has 1 aliphatic heterocycles. The predicted octanol–water partition coefficient (Wildman–Crippen LogP) is 3.12. The van der Waals surface area contributed by atoms with Crippen LogP contribution in [0.25, 0.3) is 10.6 Å². The maximum atomic E-state index is 13.0. The fourth-order valence-corrected chi connectivity index (χ4v) is 3.35. The molecule has 1 aromatic heterocycles. The molecule has 0 N–H and O–H groups in total. The second kappa shape index (κ2) is 7.09. The Hall–Kier alpha value is -2.28. The van der Waals surface area contributed by atoms with Gasteiger partial charge < -0.3 is 9.64 Å². The molecule has 24 heavy (non-hydrogen) atoms. The number of amides is 1. The molecule has 1 amide bonds. The number of likely N-dealkylation sites (tertiary alicyclic amines) is 1. The largest absolute Gasteiger partial charge is 0.448 e. The maximum absolute atomic E-state index is 13.0. The number of rotatable bonds is 4. The summed E-state index contributed by atoms with van der Waals surface area (Å²) in [5.74, 6) is -1.13.